The van der Waals surface area contributed by atoms with Gasteiger partial charge in [-0.05, 0) is 31.5 Å². The minimum absolute atomic E-state index is 0.230. The average Bonchev–Trinajstić information content (AvgIpc) is 3.16. The van der Waals surface area contributed by atoms with E-state index in [4.69, 9.17) is 10.5 Å². The Morgan fingerprint density at radius 3 is 2.50 bits per heavy atom. The molecule has 0 aliphatic rings. The van der Waals surface area contributed by atoms with E-state index in [1.54, 1.807) is 10.9 Å². The maximum Gasteiger partial charge on any atom is 0.342 e. The van der Waals surface area contributed by atoms with Gasteiger partial charge in [-0.25, -0.2) is 9.48 Å². The summed E-state index contributed by atoms with van der Waals surface area (Å²) in [5, 5.41) is 6.87. The summed E-state index contributed by atoms with van der Waals surface area (Å²) in [6.45, 7) is 3.07. The molecule has 0 fully saturated rings. The highest BCUT2D eigenvalue weighted by atomic mass is 16.5. The van der Waals surface area contributed by atoms with Crippen molar-refractivity contribution in [2.75, 3.05) is 13.2 Å². The van der Waals surface area contributed by atoms with Gasteiger partial charge in [0.15, 0.2) is 6.61 Å². The second-order valence-corrected chi connectivity index (χ2v) is 6.81. The van der Waals surface area contributed by atoms with Crippen molar-refractivity contribution in [1.29, 1.82) is 0 Å². The molecular weight excluding hydrogens is 384 g/mol. The Labute approximate surface area is 173 Å². The van der Waals surface area contributed by atoms with Crippen molar-refractivity contribution in [3.8, 4) is 16.9 Å². The van der Waals surface area contributed by atoms with Gasteiger partial charge in [-0.1, -0.05) is 42.0 Å². The number of benzene rings is 2. The maximum atomic E-state index is 12.8. The van der Waals surface area contributed by atoms with Gasteiger partial charge < -0.3 is 15.8 Å². The number of nitrogens with one attached hydrogen (secondary N) is 1. The minimum atomic E-state index is -0.693. The summed E-state index contributed by atoms with van der Waals surface area (Å²) in [5.41, 5.74) is 9.29. The number of carbonyl (C=O) groups is 3. The fourth-order valence-corrected chi connectivity index (χ4v) is 2.96. The van der Waals surface area contributed by atoms with E-state index in [2.05, 4.69) is 10.4 Å². The van der Waals surface area contributed by atoms with E-state index < -0.39 is 24.4 Å². The van der Waals surface area contributed by atoms with Crippen LogP contribution in [0.25, 0.3) is 16.9 Å². The summed E-state index contributed by atoms with van der Waals surface area (Å²) in [6.07, 6.45) is 1.58. The molecule has 2 amide bonds. The van der Waals surface area contributed by atoms with Gasteiger partial charge in [0.1, 0.15) is 11.3 Å². The van der Waals surface area contributed by atoms with Crippen LogP contribution in [0.15, 0.2) is 54.7 Å². The Morgan fingerprint density at radius 2 is 1.83 bits per heavy atom. The smallest absolute Gasteiger partial charge is 0.342 e. The van der Waals surface area contributed by atoms with Crippen molar-refractivity contribution < 1.29 is 19.1 Å². The third-order valence-electron chi connectivity index (χ3n) is 4.39. The molecule has 0 aliphatic carbocycles. The molecule has 0 aliphatic heterocycles. The number of rotatable bonds is 7. The molecule has 8 heteroatoms. The first-order valence-corrected chi connectivity index (χ1v) is 9.30. The molecular formula is C22H22N4O4. The van der Waals surface area contributed by atoms with E-state index in [0.29, 0.717) is 5.69 Å². The van der Waals surface area contributed by atoms with Crippen molar-refractivity contribution in [2.24, 2.45) is 5.73 Å². The first kappa shape index (κ1) is 20.8. The van der Waals surface area contributed by atoms with Crippen LogP contribution in [0.1, 0.15) is 21.5 Å². The molecule has 1 heterocycles. The number of ether oxygens (including phenoxy) is 1. The molecule has 2 aromatic carbocycles. The van der Waals surface area contributed by atoms with E-state index in [-0.39, 0.29) is 12.1 Å². The molecule has 0 saturated carbocycles. The molecule has 0 atom stereocenters. The molecule has 3 rings (SSSR count). The van der Waals surface area contributed by atoms with Gasteiger partial charge in [-0.2, -0.15) is 5.10 Å². The fraction of sp³-hybridized carbons (Fsp3) is 0.182. The molecule has 3 N–H and O–H groups in total. The van der Waals surface area contributed by atoms with E-state index in [0.717, 1.165) is 22.4 Å². The van der Waals surface area contributed by atoms with Crippen molar-refractivity contribution in [1.82, 2.24) is 15.1 Å². The SMILES string of the molecule is Cc1ccc(-c2nn(-c3ccccc3)cc2C(=O)OCC(=O)NCC(N)=O)c(C)c1. The Bertz CT molecular complexity index is 1090. The van der Waals surface area contributed by atoms with Gasteiger partial charge in [0.2, 0.25) is 5.91 Å². The van der Waals surface area contributed by atoms with Crippen LogP contribution in [0.2, 0.25) is 0 Å². The van der Waals surface area contributed by atoms with Crippen molar-refractivity contribution in [3.63, 3.8) is 0 Å². The predicted molar refractivity (Wildman–Crippen MR) is 111 cm³/mol. The number of nitrogens with zero attached hydrogens (tertiary/aromatic N) is 2. The van der Waals surface area contributed by atoms with Gasteiger partial charge in [0, 0.05) is 11.8 Å². The molecule has 0 bridgehead atoms. The van der Waals surface area contributed by atoms with Crippen molar-refractivity contribution in [3.05, 3.63) is 71.4 Å². The predicted octanol–water partition coefficient (Wildman–Crippen LogP) is 1.91. The quantitative estimate of drug-likeness (QED) is 0.582. The first-order chi connectivity index (χ1) is 14.3. The van der Waals surface area contributed by atoms with E-state index in [9.17, 15) is 14.4 Å². The Balaban J connectivity index is 1.91. The highest BCUT2D eigenvalue weighted by molar-refractivity contribution is 5.97. The molecule has 0 radical (unpaired) electrons. The topological polar surface area (TPSA) is 116 Å². The molecule has 3 aromatic rings. The van der Waals surface area contributed by atoms with Gasteiger partial charge in [-0.3, -0.25) is 9.59 Å². The molecule has 0 saturated heterocycles. The van der Waals surface area contributed by atoms with E-state index in [1.807, 2.05) is 62.4 Å². The summed E-state index contributed by atoms with van der Waals surface area (Å²) in [7, 11) is 0. The molecule has 8 nitrogen and oxygen atoms in total. The summed E-state index contributed by atoms with van der Waals surface area (Å²) < 4.78 is 6.74. The van der Waals surface area contributed by atoms with Crippen LogP contribution in [0.3, 0.4) is 0 Å². The highest BCUT2D eigenvalue weighted by Crippen LogP contribution is 2.28. The Kier molecular flexibility index (Phi) is 6.26. The lowest BCUT2D eigenvalue weighted by Gasteiger charge is -2.08. The largest absolute Gasteiger partial charge is 0.452 e. The van der Waals surface area contributed by atoms with Crippen LogP contribution < -0.4 is 11.1 Å². The number of aromatic nitrogens is 2. The lowest BCUT2D eigenvalue weighted by molar-refractivity contribution is -0.127. The number of nitrogens with two attached hydrogens (primary N) is 1. The number of para-hydroxylation sites is 1. The zero-order valence-corrected chi connectivity index (χ0v) is 16.7. The molecule has 154 valence electrons. The van der Waals surface area contributed by atoms with Gasteiger partial charge in [0.05, 0.1) is 12.2 Å². The summed E-state index contributed by atoms with van der Waals surface area (Å²) >= 11 is 0. The second kappa shape index (κ2) is 9.04. The molecule has 0 unspecified atom stereocenters. The summed E-state index contributed by atoms with van der Waals surface area (Å²) in [5.74, 6) is -2.00. The van der Waals surface area contributed by atoms with Crippen LogP contribution in [-0.4, -0.2) is 40.7 Å². The third kappa shape index (κ3) is 4.91. The summed E-state index contributed by atoms with van der Waals surface area (Å²) in [6, 6.07) is 15.2. The number of aryl methyl sites for hydroxylation is 2. The fourth-order valence-electron chi connectivity index (χ4n) is 2.96. The zero-order chi connectivity index (χ0) is 21.7. The number of amides is 2. The van der Waals surface area contributed by atoms with Crippen molar-refractivity contribution >= 4 is 17.8 Å². The third-order valence-corrected chi connectivity index (χ3v) is 4.39. The van der Waals surface area contributed by atoms with Gasteiger partial charge in [0.25, 0.3) is 5.91 Å². The van der Waals surface area contributed by atoms with Gasteiger partial charge in [-0.15, -0.1) is 0 Å². The number of carbonyl (C=O) groups excluding carboxylic acids is 3. The summed E-state index contributed by atoms with van der Waals surface area (Å²) in [4.78, 5) is 35.2. The molecule has 0 spiro atoms. The van der Waals surface area contributed by atoms with Crippen LogP contribution >= 0.6 is 0 Å². The zero-order valence-electron chi connectivity index (χ0n) is 16.7. The van der Waals surface area contributed by atoms with Crippen LogP contribution in [-0.2, 0) is 14.3 Å². The van der Waals surface area contributed by atoms with Crippen LogP contribution in [0.5, 0.6) is 0 Å². The maximum absolute atomic E-state index is 12.8. The Hall–Kier alpha value is -3.94. The first-order valence-electron chi connectivity index (χ1n) is 9.30. The number of esters is 1. The van der Waals surface area contributed by atoms with Crippen LogP contribution in [0.4, 0.5) is 0 Å². The standard InChI is InChI=1S/C22H22N4O4/c1-14-8-9-17(15(2)10-14)21-18(12-26(25-21)16-6-4-3-5-7-16)22(29)30-13-20(28)24-11-19(23)27/h3-10,12H,11,13H2,1-2H3,(H2,23,27)(H,24,28). The number of primary amides is 1. The lowest BCUT2D eigenvalue weighted by atomic mass is 10.0. The monoisotopic (exact) mass is 406 g/mol. The number of hydrogen-bond donors (Lipinski definition) is 2. The lowest BCUT2D eigenvalue weighted by Crippen LogP contribution is -2.36. The normalized spacial score (nSPS) is 10.5. The van der Waals surface area contributed by atoms with E-state index >= 15 is 0 Å². The van der Waals surface area contributed by atoms with Crippen LogP contribution in [0, 0.1) is 13.8 Å². The average molecular weight is 406 g/mol. The Morgan fingerprint density at radius 1 is 1.10 bits per heavy atom. The minimum Gasteiger partial charge on any atom is -0.452 e. The van der Waals surface area contributed by atoms with Crippen molar-refractivity contribution in [2.45, 2.75) is 13.8 Å². The highest BCUT2D eigenvalue weighted by Gasteiger charge is 2.22. The van der Waals surface area contributed by atoms with E-state index in [1.165, 1.54) is 0 Å². The number of hydrogen-bond acceptors (Lipinski definition) is 5. The van der Waals surface area contributed by atoms with Gasteiger partial charge >= 0.3 is 5.97 Å². The molecule has 1 aromatic heterocycles. The molecule has 30 heavy (non-hydrogen) atoms. The second-order valence-electron chi connectivity index (χ2n) is 6.81.